The average molecular weight is 303 g/mol. The molecule has 0 aliphatic heterocycles. The third-order valence-corrected chi connectivity index (χ3v) is 3.86. The maximum atomic E-state index is 11.9. The van der Waals surface area contributed by atoms with E-state index in [9.17, 15) is 8.42 Å². The summed E-state index contributed by atoms with van der Waals surface area (Å²) in [5, 5.41) is 0. The summed E-state index contributed by atoms with van der Waals surface area (Å²) in [5.41, 5.74) is 2.33. The summed E-state index contributed by atoms with van der Waals surface area (Å²) in [7, 11) is 0.326. The van der Waals surface area contributed by atoms with Crippen molar-refractivity contribution in [3.8, 4) is 0 Å². The number of nitrogens with two attached hydrogens (primary N) is 1. The van der Waals surface area contributed by atoms with E-state index >= 15 is 0 Å². The van der Waals surface area contributed by atoms with E-state index in [4.69, 9.17) is 10.6 Å². The Hall–Kier alpha value is -1.26. The Labute approximate surface area is 119 Å². The highest BCUT2D eigenvalue weighted by atomic mass is 32.2. The minimum Gasteiger partial charge on any atom is -0.379 e. The Morgan fingerprint density at radius 1 is 1.35 bits per heavy atom. The number of aromatic nitrogens is 1. The number of rotatable bonds is 9. The topological polar surface area (TPSA) is 110 Å². The van der Waals surface area contributed by atoms with Crippen molar-refractivity contribution in [3.05, 3.63) is 18.3 Å². The lowest BCUT2D eigenvalue weighted by atomic mass is 10.5. The first-order valence-electron chi connectivity index (χ1n) is 6.10. The molecule has 0 spiro atoms. The molecule has 0 amide bonds. The van der Waals surface area contributed by atoms with Crippen molar-refractivity contribution >= 4 is 15.8 Å². The minimum absolute atomic E-state index is 0.0878. The van der Waals surface area contributed by atoms with Crippen molar-refractivity contribution in [2.45, 2.75) is 4.90 Å². The van der Waals surface area contributed by atoms with Crippen LogP contribution >= 0.6 is 0 Å². The lowest BCUT2D eigenvalue weighted by molar-refractivity contribution is 0.122. The fraction of sp³-hybridized carbons (Fsp3) is 0.545. The molecule has 0 saturated carbocycles. The molecule has 8 nitrogen and oxygen atoms in total. The number of nitrogens with one attached hydrogen (secondary N) is 2. The van der Waals surface area contributed by atoms with Gasteiger partial charge in [-0.15, -0.1) is 0 Å². The van der Waals surface area contributed by atoms with Crippen LogP contribution in [0.2, 0.25) is 0 Å². The molecule has 114 valence electrons. The van der Waals surface area contributed by atoms with E-state index in [0.29, 0.717) is 19.0 Å². The molecule has 0 fully saturated rings. The molecular weight excluding hydrogens is 282 g/mol. The molecule has 1 aromatic heterocycles. The van der Waals surface area contributed by atoms with Crippen LogP contribution in [0.25, 0.3) is 0 Å². The number of likely N-dealkylation sites (N-methyl/N-ethyl adjacent to an activating group) is 1. The van der Waals surface area contributed by atoms with Gasteiger partial charge in [0.1, 0.15) is 10.7 Å². The lowest BCUT2D eigenvalue weighted by Crippen LogP contribution is -2.28. The van der Waals surface area contributed by atoms with E-state index in [0.717, 1.165) is 6.54 Å². The fourth-order valence-corrected chi connectivity index (χ4v) is 2.26. The number of ether oxygens (including phenoxy) is 1. The predicted molar refractivity (Wildman–Crippen MR) is 76.6 cm³/mol. The van der Waals surface area contributed by atoms with Crippen molar-refractivity contribution in [1.29, 1.82) is 0 Å². The molecule has 0 aliphatic rings. The Morgan fingerprint density at radius 2 is 2.10 bits per heavy atom. The molecule has 1 aromatic rings. The molecule has 0 aromatic carbocycles. The predicted octanol–water partition coefficient (Wildman–Crippen LogP) is -0.776. The highest BCUT2D eigenvalue weighted by Crippen LogP contribution is 2.09. The monoisotopic (exact) mass is 303 g/mol. The number of anilines is 1. The van der Waals surface area contributed by atoms with Crippen LogP contribution in [0.5, 0.6) is 0 Å². The highest BCUT2D eigenvalue weighted by Gasteiger charge is 2.13. The van der Waals surface area contributed by atoms with Crippen LogP contribution < -0.4 is 16.0 Å². The van der Waals surface area contributed by atoms with Gasteiger partial charge in [-0.25, -0.2) is 24.0 Å². The zero-order valence-corrected chi connectivity index (χ0v) is 12.5. The van der Waals surface area contributed by atoms with E-state index in [1.165, 1.54) is 18.3 Å². The smallest absolute Gasteiger partial charge is 0.242 e. The zero-order chi connectivity index (χ0) is 15.0. The van der Waals surface area contributed by atoms with Crippen LogP contribution in [0.15, 0.2) is 23.2 Å². The summed E-state index contributed by atoms with van der Waals surface area (Å²) < 4.78 is 31.6. The van der Waals surface area contributed by atoms with E-state index < -0.39 is 10.0 Å². The quantitative estimate of drug-likeness (QED) is 0.312. The van der Waals surface area contributed by atoms with Gasteiger partial charge in [-0.05, 0) is 26.2 Å². The minimum atomic E-state index is -3.56. The number of hydrogen-bond acceptors (Lipinski definition) is 7. The summed E-state index contributed by atoms with van der Waals surface area (Å²) >= 11 is 0. The van der Waals surface area contributed by atoms with Gasteiger partial charge in [0.2, 0.25) is 10.0 Å². The van der Waals surface area contributed by atoms with Gasteiger partial charge in [-0.1, -0.05) is 0 Å². The first-order chi connectivity index (χ1) is 9.45. The Kier molecular flexibility index (Phi) is 6.82. The van der Waals surface area contributed by atoms with Crippen molar-refractivity contribution in [2.24, 2.45) is 5.84 Å². The number of hydrazine groups is 1. The van der Waals surface area contributed by atoms with E-state index in [1.807, 2.05) is 19.0 Å². The third kappa shape index (κ3) is 5.80. The van der Waals surface area contributed by atoms with Crippen LogP contribution in [-0.4, -0.2) is 58.7 Å². The normalized spacial score (nSPS) is 11.8. The molecule has 0 aliphatic carbocycles. The van der Waals surface area contributed by atoms with Gasteiger partial charge >= 0.3 is 0 Å². The van der Waals surface area contributed by atoms with Gasteiger partial charge < -0.3 is 15.1 Å². The summed E-state index contributed by atoms with van der Waals surface area (Å²) in [6.45, 7) is 1.90. The molecule has 0 radical (unpaired) electrons. The van der Waals surface area contributed by atoms with Gasteiger partial charge in [-0.3, -0.25) is 0 Å². The molecule has 1 heterocycles. The van der Waals surface area contributed by atoms with E-state index in [-0.39, 0.29) is 11.4 Å². The first-order valence-corrected chi connectivity index (χ1v) is 7.59. The maximum absolute atomic E-state index is 11.9. The number of hydrogen-bond donors (Lipinski definition) is 3. The summed E-state index contributed by atoms with van der Waals surface area (Å²) in [6, 6.07) is 2.92. The lowest BCUT2D eigenvalue weighted by Gasteiger charge is -2.10. The Balaban J connectivity index is 2.37. The Morgan fingerprint density at radius 3 is 2.65 bits per heavy atom. The van der Waals surface area contributed by atoms with Crippen molar-refractivity contribution < 1.29 is 13.2 Å². The first kappa shape index (κ1) is 16.8. The van der Waals surface area contributed by atoms with Crippen LogP contribution in [0.1, 0.15) is 0 Å². The summed E-state index contributed by atoms with van der Waals surface area (Å²) in [6.07, 6.45) is 1.24. The number of nitrogens with zero attached hydrogens (tertiary/aromatic N) is 2. The number of pyridine rings is 1. The van der Waals surface area contributed by atoms with E-state index in [1.54, 1.807) is 0 Å². The number of nitrogen functional groups attached to an aromatic ring is 1. The average Bonchev–Trinajstić information content (AvgIpc) is 2.42. The van der Waals surface area contributed by atoms with Crippen molar-refractivity contribution in [3.63, 3.8) is 0 Å². The van der Waals surface area contributed by atoms with Crippen molar-refractivity contribution in [2.75, 3.05) is 45.8 Å². The van der Waals surface area contributed by atoms with Crippen LogP contribution in [0.4, 0.5) is 5.82 Å². The Bertz CT molecular complexity index is 489. The van der Waals surface area contributed by atoms with Crippen LogP contribution in [0, 0.1) is 0 Å². The highest BCUT2D eigenvalue weighted by molar-refractivity contribution is 7.89. The van der Waals surface area contributed by atoms with Crippen molar-refractivity contribution in [1.82, 2.24) is 14.6 Å². The molecule has 9 heteroatoms. The maximum Gasteiger partial charge on any atom is 0.242 e. The van der Waals surface area contributed by atoms with E-state index in [2.05, 4.69) is 15.1 Å². The standard InChI is InChI=1S/C11H21N5O3S/c1-16(2)6-8-19-7-5-14-20(17,18)10-3-4-11(15-12)13-9-10/h3-4,9,14H,5-8,12H2,1-2H3,(H,13,15). The van der Waals surface area contributed by atoms with Gasteiger partial charge in [0, 0.05) is 19.3 Å². The molecule has 20 heavy (non-hydrogen) atoms. The van der Waals surface area contributed by atoms with Crippen LogP contribution in [0.3, 0.4) is 0 Å². The molecular formula is C11H21N5O3S. The number of sulfonamides is 1. The molecule has 1 rings (SSSR count). The zero-order valence-electron chi connectivity index (χ0n) is 11.7. The van der Waals surface area contributed by atoms with Gasteiger partial charge in [0.05, 0.1) is 13.2 Å². The third-order valence-electron chi connectivity index (χ3n) is 2.42. The fourth-order valence-electron chi connectivity index (χ4n) is 1.31. The second kappa shape index (κ2) is 8.12. The molecule has 0 saturated heterocycles. The molecule has 0 atom stereocenters. The summed E-state index contributed by atoms with van der Waals surface area (Å²) in [5.74, 6) is 5.56. The van der Waals surface area contributed by atoms with Gasteiger partial charge in [0.25, 0.3) is 0 Å². The second-order valence-electron chi connectivity index (χ2n) is 4.34. The second-order valence-corrected chi connectivity index (χ2v) is 6.10. The molecule has 0 bridgehead atoms. The van der Waals surface area contributed by atoms with Crippen LogP contribution in [-0.2, 0) is 14.8 Å². The van der Waals surface area contributed by atoms with Gasteiger partial charge in [-0.2, -0.15) is 0 Å². The summed E-state index contributed by atoms with van der Waals surface area (Å²) in [4.78, 5) is 5.93. The SMILES string of the molecule is CN(C)CCOCCNS(=O)(=O)c1ccc(NN)nc1. The largest absolute Gasteiger partial charge is 0.379 e. The molecule has 4 N–H and O–H groups in total. The van der Waals surface area contributed by atoms with Gasteiger partial charge in [0.15, 0.2) is 0 Å². The molecule has 0 unspecified atom stereocenters.